The summed E-state index contributed by atoms with van der Waals surface area (Å²) in [6, 6.07) is 9.18. The van der Waals surface area contributed by atoms with Gasteiger partial charge in [0.15, 0.2) is 0 Å². The maximum absolute atomic E-state index is 12.5. The Balaban J connectivity index is 1.67. The van der Waals surface area contributed by atoms with Crippen LogP contribution in [0.25, 0.3) is 11.3 Å². The van der Waals surface area contributed by atoms with E-state index in [9.17, 15) is 4.79 Å². The monoisotopic (exact) mass is 355 g/mol. The van der Waals surface area contributed by atoms with E-state index in [0.29, 0.717) is 6.54 Å². The third kappa shape index (κ3) is 2.10. The molecule has 0 saturated carbocycles. The van der Waals surface area contributed by atoms with E-state index in [4.69, 9.17) is 0 Å². The van der Waals surface area contributed by atoms with Crippen molar-refractivity contribution in [1.82, 2.24) is 19.7 Å². The molecule has 0 aromatic carbocycles. The maximum atomic E-state index is 12.5. The number of carbonyl (C=O) groups excluding carboxylic acids is 1. The highest BCUT2D eigenvalue weighted by atomic mass is 79.9. The van der Waals surface area contributed by atoms with Gasteiger partial charge in [-0.2, -0.15) is 9.78 Å². The maximum Gasteiger partial charge on any atom is 0.349 e. The van der Waals surface area contributed by atoms with Gasteiger partial charge in [-0.05, 0) is 46.3 Å². The molecule has 0 atom stereocenters. The fourth-order valence-electron chi connectivity index (χ4n) is 2.43. The number of hydrogen-bond acceptors (Lipinski definition) is 4. The molecular formula is C15H10BrN5O. The molecule has 0 radical (unpaired) electrons. The lowest BCUT2D eigenvalue weighted by molar-refractivity contribution is 0.248. The van der Waals surface area contributed by atoms with Crippen molar-refractivity contribution in [1.29, 1.82) is 0 Å². The summed E-state index contributed by atoms with van der Waals surface area (Å²) in [6.45, 7) is 0.488. The van der Waals surface area contributed by atoms with E-state index in [1.54, 1.807) is 23.5 Å². The minimum atomic E-state index is -0.167. The second-order valence-corrected chi connectivity index (χ2v) is 5.69. The zero-order valence-electron chi connectivity index (χ0n) is 11.3. The average molecular weight is 356 g/mol. The number of halogens is 1. The van der Waals surface area contributed by atoms with Crippen LogP contribution in [0.4, 0.5) is 10.5 Å². The van der Waals surface area contributed by atoms with Crippen LogP contribution >= 0.6 is 15.9 Å². The zero-order chi connectivity index (χ0) is 15.1. The molecule has 6 nitrogen and oxygen atoms in total. The van der Waals surface area contributed by atoms with Gasteiger partial charge >= 0.3 is 6.03 Å². The highest BCUT2D eigenvalue weighted by Gasteiger charge is 2.30. The number of fused-ring (bicyclic) bond motifs is 1. The molecule has 0 N–H and O–H groups in total. The molecule has 0 fully saturated rings. The fraction of sp³-hybridized carbons (Fsp3) is 0.0667. The SMILES string of the molecule is O=C1N(c2cccnc2)Cc2cc(-c3ccc(Br)nc3)nn21. The molecule has 1 aliphatic rings. The van der Waals surface area contributed by atoms with Crippen molar-refractivity contribution in [2.75, 3.05) is 4.90 Å². The van der Waals surface area contributed by atoms with E-state index < -0.39 is 0 Å². The number of pyridine rings is 2. The predicted octanol–water partition coefficient (Wildman–Crippen LogP) is 3.09. The number of hydrogen-bond donors (Lipinski definition) is 0. The van der Waals surface area contributed by atoms with Crippen LogP contribution in [0.1, 0.15) is 5.69 Å². The van der Waals surface area contributed by atoms with Gasteiger partial charge in [0.1, 0.15) is 4.60 Å². The Morgan fingerprint density at radius 3 is 2.77 bits per heavy atom. The third-order valence-corrected chi connectivity index (χ3v) is 3.97. The van der Waals surface area contributed by atoms with E-state index in [1.165, 1.54) is 4.68 Å². The lowest BCUT2D eigenvalue weighted by atomic mass is 10.2. The molecule has 0 spiro atoms. The van der Waals surface area contributed by atoms with Gasteiger partial charge in [0.05, 0.1) is 29.8 Å². The summed E-state index contributed by atoms with van der Waals surface area (Å²) in [6.07, 6.45) is 5.08. The van der Waals surface area contributed by atoms with E-state index in [0.717, 1.165) is 27.2 Å². The lowest BCUT2D eigenvalue weighted by Gasteiger charge is -2.13. The number of rotatable bonds is 2. The van der Waals surface area contributed by atoms with Gasteiger partial charge < -0.3 is 0 Å². The van der Waals surface area contributed by atoms with Gasteiger partial charge in [0, 0.05) is 18.0 Å². The Kier molecular flexibility index (Phi) is 3.00. The van der Waals surface area contributed by atoms with Crippen LogP contribution < -0.4 is 4.90 Å². The molecule has 0 aliphatic carbocycles. The Bertz CT molecular complexity index is 844. The van der Waals surface area contributed by atoms with Gasteiger partial charge in [-0.25, -0.2) is 9.78 Å². The Labute approximate surface area is 134 Å². The van der Waals surface area contributed by atoms with E-state index in [-0.39, 0.29) is 6.03 Å². The zero-order valence-corrected chi connectivity index (χ0v) is 12.9. The minimum Gasteiger partial charge on any atom is -0.285 e. The minimum absolute atomic E-state index is 0.167. The van der Waals surface area contributed by atoms with Gasteiger partial charge in [0.25, 0.3) is 0 Å². The molecular weight excluding hydrogens is 346 g/mol. The van der Waals surface area contributed by atoms with Crippen molar-refractivity contribution in [3.05, 3.63) is 59.2 Å². The second kappa shape index (κ2) is 5.03. The van der Waals surface area contributed by atoms with Crippen molar-refractivity contribution in [2.24, 2.45) is 0 Å². The molecule has 4 heterocycles. The Hall–Kier alpha value is -2.54. The highest BCUT2D eigenvalue weighted by molar-refractivity contribution is 9.10. The first-order valence-corrected chi connectivity index (χ1v) is 7.44. The normalized spacial score (nSPS) is 13.5. The van der Waals surface area contributed by atoms with E-state index >= 15 is 0 Å². The van der Waals surface area contributed by atoms with Gasteiger partial charge in [-0.1, -0.05) is 0 Å². The van der Waals surface area contributed by atoms with Crippen LogP contribution in [-0.4, -0.2) is 25.8 Å². The second-order valence-electron chi connectivity index (χ2n) is 4.88. The van der Waals surface area contributed by atoms with Crippen molar-refractivity contribution >= 4 is 27.6 Å². The molecule has 1 aliphatic heterocycles. The van der Waals surface area contributed by atoms with E-state index in [2.05, 4.69) is 31.0 Å². The Morgan fingerprint density at radius 2 is 2.09 bits per heavy atom. The fourth-order valence-corrected chi connectivity index (χ4v) is 2.66. The average Bonchev–Trinajstić information content (AvgIpc) is 3.09. The predicted molar refractivity (Wildman–Crippen MR) is 84.4 cm³/mol. The molecule has 4 rings (SSSR count). The summed E-state index contributed by atoms with van der Waals surface area (Å²) >= 11 is 3.30. The van der Waals surface area contributed by atoms with Crippen LogP contribution in [0, 0.1) is 0 Å². The summed E-state index contributed by atoms with van der Waals surface area (Å²) in [4.78, 5) is 22.4. The topological polar surface area (TPSA) is 63.9 Å². The molecule has 0 saturated heterocycles. The quantitative estimate of drug-likeness (QED) is 0.662. The molecule has 0 bridgehead atoms. The van der Waals surface area contributed by atoms with Gasteiger partial charge in [-0.15, -0.1) is 0 Å². The van der Waals surface area contributed by atoms with Gasteiger partial charge in [-0.3, -0.25) is 9.88 Å². The van der Waals surface area contributed by atoms with Crippen LogP contribution in [0.5, 0.6) is 0 Å². The first-order chi connectivity index (χ1) is 10.7. The first kappa shape index (κ1) is 13.1. The molecule has 3 aromatic rings. The van der Waals surface area contributed by atoms with Crippen molar-refractivity contribution in [3.63, 3.8) is 0 Å². The molecule has 22 heavy (non-hydrogen) atoms. The van der Waals surface area contributed by atoms with Crippen molar-refractivity contribution < 1.29 is 4.79 Å². The van der Waals surface area contributed by atoms with Crippen LogP contribution in [0.3, 0.4) is 0 Å². The van der Waals surface area contributed by atoms with Crippen LogP contribution in [0.2, 0.25) is 0 Å². The van der Waals surface area contributed by atoms with Gasteiger partial charge in [0.2, 0.25) is 0 Å². The molecule has 3 aromatic heterocycles. The number of nitrogens with zero attached hydrogens (tertiary/aromatic N) is 5. The molecule has 108 valence electrons. The van der Waals surface area contributed by atoms with Crippen molar-refractivity contribution in [3.8, 4) is 11.3 Å². The standard InChI is InChI=1S/C15H10BrN5O/c16-14-4-3-10(7-18-14)13-6-12-9-20(15(22)21(12)19-13)11-2-1-5-17-8-11/h1-8H,9H2. The molecule has 0 unspecified atom stereocenters. The first-order valence-electron chi connectivity index (χ1n) is 6.65. The van der Waals surface area contributed by atoms with Crippen molar-refractivity contribution in [2.45, 2.75) is 6.54 Å². The molecule has 1 amide bonds. The van der Waals surface area contributed by atoms with E-state index in [1.807, 2.05) is 30.3 Å². The molecule has 7 heteroatoms. The van der Waals surface area contributed by atoms with Crippen LogP contribution in [-0.2, 0) is 6.54 Å². The smallest absolute Gasteiger partial charge is 0.285 e. The number of amides is 1. The third-order valence-electron chi connectivity index (χ3n) is 3.50. The summed E-state index contributed by atoms with van der Waals surface area (Å²) in [5.41, 5.74) is 3.25. The Morgan fingerprint density at radius 1 is 1.18 bits per heavy atom. The highest BCUT2D eigenvalue weighted by Crippen LogP contribution is 2.27. The largest absolute Gasteiger partial charge is 0.349 e. The number of anilines is 1. The lowest BCUT2D eigenvalue weighted by Crippen LogP contribution is -2.26. The summed E-state index contributed by atoms with van der Waals surface area (Å²) in [5, 5.41) is 4.40. The number of aromatic nitrogens is 4. The summed E-state index contributed by atoms with van der Waals surface area (Å²) in [5.74, 6) is 0. The number of carbonyl (C=O) groups is 1. The van der Waals surface area contributed by atoms with Crippen LogP contribution in [0.15, 0.2) is 53.5 Å². The summed E-state index contributed by atoms with van der Waals surface area (Å²) in [7, 11) is 0. The summed E-state index contributed by atoms with van der Waals surface area (Å²) < 4.78 is 2.20.